The molecule has 134 valence electrons. The van der Waals surface area contributed by atoms with Crippen LogP contribution < -0.4 is 0 Å². The summed E-state index contributed by atoms with van der Waals surface area (Å²) in [6.07, 6.45) is 0. The van der Waals surface area contributed by atoms with Gasteiger partial charge in [-0.3, -0.25) is 0 Å². The summed E-state index contributed by atoms with van der Waals surface area (Å²) < 4.78 is 0. The van der Waals surface area contributed by atoms with E-state index in [1.165, 1.54) is 50.1 Å². The monoisotopic (exact) mass is 358 g/mol. The lowest BCUT2D eigenvalue weighted by Crippen LogP contribution is -2.25. The Balaban J connectivity index is 1.81. The molecule has 0 aliphatic heterocycles. The zero-order valence-corrected chi connectivity index (χ0v) is 16.2. The minimum Gasteiger partial charge on any atom is -0.0619 e. The van der Waals surface area contributed by atoms with Crippen LogP contribution in [0.5, 0.6) is 0 Å². The van der Waals surface area contributed by atoms with E-state index in [-0.39, 0.29) is 5.41 Å². The fourth-order valence-electron chi connectivity index (χ4n) is 5.48. The average molecular weight is 358 g/mol. The highest BCUT2D eigenvalue weighted by Gasteiger charge is 2.51. The molecule has 0 unspecified atom stereocenters. The van der Waals surface area contributed by atoms with Crippen LogP contribution >= 0.6 is 0 Å². The van der Waals surface area contributed by atoms with E-state index in [4.69, 9.17) is 0 Å². The Bertz CT molecular complexity index is 1200. The van der Waals surface area contributed by atoms with Crippen LogP contribution in [0.25, 0.3) is 22.3 Å². The number of fused-ring (bicyclic) bond motifs is 10. The Morgan fingerprint density at radius 2 is 0.929 bits per heavy atom. The molecule has 2 aliphatic rings. The molecule has 0 nitrogen and oxygen atoms in total. The number of benzene rings is 4. The summed E-state index contributed by atoms with van der Waals surface area (Å²) in [7, 11) is 0. The van der Waals surface area contributed by atoms with Gasteiger partial charge in [-0.05, 0) is 56.0 Å². The minimum atomic E-state index is -0.200. The summed E-state index contributed by atoms with van der Waals surface area (Å²) in [4.78, 5) is 0. The van der Waals surface area contributed by atoms with Crippen molar-refractivity contribution in [3.63, 3.8) is 0 Å². The van der Waals surface area contributed by atoms with E-state index < -0.39 is 0 Å². The van der Waals surface area contributed by atoms with Crippen molar-refractivity contribution < 1.29 is 0 Å². The Labute approximate surface area is 166 Å². The van der Waals surface area contributed by atoms with Crippen molar-refractivity contribution in [2.45, 2.75) is 25.2 Å². The summed E-state index contributed by atoms with van der Waals surface area (Å²) >= 11 is 0. The second-order valence-corrected chi connectivity index (χ2v) is 8.35. The van der Waals surface area contributed by atoms with Crippen LogP contribution in [0.4, 0.5) is 0 Å². The highest BCUT2D eigenvalue weighted by Crippen LogP contribution is 2.62. The van der Waals surface area contributed by atoms with Crippen LogP contribution in [0.3, 0.4) is 0 Å². The van der Waals surface area contributed by atoms with Gasteiger partial charge in [0.2, 0.25) is 0 Å². The predicted octanol–water partition coefficient (Wildman–Crippen LogP) is 7.15. The van der Waals surface area contributed by atoms with Crippen molar-refractivity contribution >= 4 is 0 Å². The van der Waals surface area contributed by atoms with Crippen LogP contribution in [0.1, 0.15) is 47.6 Å². The first-order valence-electron chi connectivity index (χ1n) is 10.2. The maximum atomic E-state index is 2.43. The molecule has 1 spiro atoms. The van der Waals surface area contributed by atoms with E-state index in [1.807, 2.05) is 0 Å². The van der Waals surface area contributed by atoms with E-state index in [9.17, 15) is 0 Å². The van der Waals surface area contributed by atoms with Gasteiger partial charge in [0.1, 0.15) is 0 Å². The van der Waals surface area contributed by atoms with Gasteiger partial charge >= 0.3 is 0 Å². The summed E-state index contributed by atoms with van der Waals surface area (Å²) in [5.74, 6) is 0.525. The van der Waals surface area contributed by atoms with E-state index >= 15 is 0 Å². The van der Waals surface area contributed by atoms with Gasteiger partial charge in [0.15, 0.2) is 0 Å². The van der Waals surface area contributed by atoms with E-state index in [0.29, 0.717) is 5.92 Å². The smallest absolute Gasteiger partial charge is 0.0619 e. The van der Waals surface area contributed by atoms with Crippen LogP contribution in [0.2, 0.25) is 0 Å². The van der Waals surface area contributed by atoms with Crippen LogP contribution in [0.15, 0.2) is 91.0 Å². The standard InChI is InChI=1S/C28H22/c1-18(2)19-15-16-27-23(17-19)22-11-5-8-14-26(22)28(27)24-12-6-3-9-20(24)21-10-4-7-13-25(21)28/h3-18H,1-2H3. The van der Waals surface area contributed by atoms with Gasteiger partial charge in [-0.15, -0.1) is 0 Å². The molecular weight excluding hydrogens is 336 g/mol. The van der Waals surface area contributed by atoms with Gasteiger partial charge in [-0.1, -0.05) is 105 Å². The summed E-state index contributed by atoms with van der Waals surface area (Å²) in [5, 5.41) is 0. The minimum absolute atomic E-state index is 0.200. The summed E-state index contributed by atoms with van der Waals surface area (Å²) in [6.45, 7) is 4.55. The fraction of sp³-hybridized carbons (Fsp3) is 0.143. The highest BCUT2D eigenvalue weighted by atomic mass is 14.5. The number of hydrogen-bond donors (Lipinski definition) is 0. The molecule has 6 rings (SSSR count). The molecule has 0 heteroatoms. The Morgan fingerprint density at radius 3 is 1.43 bits per heavy atom. The van der Waals surface area contributed by atoms with E-state index in [2.05, 4.69) is 105 Å². The van der Waals surface area contributed by atoms with Gasteiger partial charge in [-0.2, -0.15) is 0 Å². The Morgan fingerprint density at radius 1 is 0.500 bits per heavy atom. The maximum absolute atomic E-state index is 2.43. The van der Waals surface area contributed by atoms with Crippen LogP contribution in [-0.4, -0.2) is 0 Å². The normalized spacial score (nSPS) is 14.7. The van der Waals surface area contributed by atoms with Gasteiger partial charge in [-0.25, -0.2) is 0 Å². The van der Waals surface area contributed by atoms with Gasteiger partial charge in [0, 0.05) is 0 Å². The lowest BCUT2D eigenvalue weighted by molar-refractivity contribution is 0.791. The summed E-state index contributed by atoms with van der Waals surface area (Å²) in [5.41, 5.74) is 12.4. The third-order valence-corrected chi connectivity index (χ3v) is 6.69. The molecule has 2 aliphatic carbocycles. The second kappa shape index (κ2) is 5.45. The fourth-order valence-corrected chi connectivity index (χ4v) is 5.48. The van der Waals surface area contributed by atoms with Gasteiger partial charge in [0.05, 0.1) is 5.41 Å². The molecule has 0 saturated carbocycles. The van der Waals surface area contributed by atoms with Crippen molar-refractivity contribution in [1.29, 1.82) is 0 Å². The average Bonchev–Trinajstić information content (AvgIpc) is 3.21. The molecule has 0 heterocycles. The highest BCUT2D eigenvalue weighted by molar-refractivity contribution is 5.94. The third kappa shape index (κ3) is 1.76. The molecule has 0 radical (unpaired) electrons. The van der Waals surface area contributed by atoms with Crippen molar-refractivity contribution in [3.8, 4) is 22.3 Å². The molecule has 4 aromatic carbocycles. The van der Waals surface area contributed by atoms with E-state index in [1.54, 1.807) is 0 Å². The molecule has 0 bridgehead atoms. The lowest BCUT2D eigenvalue weighted by atomic mass is 9.70. The lowest BCUT2D eigenvalue weighted by Gasteiger charge is -2.30. The molecule has 4 aromatic rings. The largest absolute Gasteiger partial charge is 0.0725 e. The molecule has 0 fully saturated rings. The van der Waals surface area contributed by atoms with Crippen molar-refractivity contribution in [3.05, 3.63) is 119 Å². The quantitative estimate of drug-likeness (QED) is 0.293. The molecular formula is C28H22. The zero-order valence-electron chi connectivity index (χ0n) is 16.2. The van der Waals surface area contributed by atoms with Gasteiger partial charge < -0.3 is 0 Å². The molecule has 0 aromatic heterocycles. The first-order valence-corrected chi connectivity index (χ1v) is 10.2. The first-order chi connectivity index (χ1) is 13.7. The van der Waals surface area contributed by atoms with Crippen molar-refractivity contribution in [2.24, 2.45) is 0 Å². The molecule has 28 heavy (non-hydrogen) atoms. The Hall–Kier alpha value is -3.12. The topological polar surface area (TPSA) is 0 Å². The van der Waals surface area contributed by atoms with Crippen LogP contribution in [-0.2, 0) is 5.41 Å². The second-order valence-electron chi connectivity index (χ2n) is 8.35. The SMILES string of the molecule is CC(C)c1ccc2c(c1)-c1ccccc1C21c2ccccc2-c2ccccc21. The Kier molecular flexibility index (Phi) is 3.09. The zero-order chi connectivity index (χ0) is 18.9. The number of rotatable bonds is 1. The third-order valence-electron chi connectivity index (χ3n) is 6.69. The molecule has 0 saturated heterocycles. The maximum Gasteiger partial charge on any atom is 0.0725 e. The van der Waals surface area contributed by atoms with Crippen LogP contribution in [0, 0.1) is 0 Å². The van der Waals surface area contributed by atoms with Gasteiger partial charge in [0.25, 0.3) is 0 Å². The molecule has 0 amide bonds. The number of hydrogen-bond acceptors (Lipinski definition) is 0. The van der Waals surface area contributed by atoms with Crippen molar-refractivity contribution in [2.75, 3.05) is 0 Å². The molecule has 0 atom stereocenters. The van der Waals surface area contributed by atoms with E-state index in [0.717, 1.165) is 0 Å². The molecule has 0 N–H and O–H groups in total. The summed E-state index contributed by atoms with van der Waals surface area (Å²) in [6, 6.07) is 34.1. The predicted molar refractivity (Wildman–Crippen MR) is 117 cm³/mol. The first kappa shape index (κ1) is 15.9. The van der Waals surface area contributed by atoms with Crippen molar-refractivity contribution in [1.82, 2.24) is 0 Å².